The van der Waals surface area contributed by atoms with E-state index >= 15 is 0 Å². The van der Waals surface area contributed by atoms with Gasteiger partial charge in [0.2, 0.25) is 11.8 Å². The summed E-state index contributed by atoms with van der Waals surface area (Å²) in [6, 6.07) is 8.80. The molecule has 0 unspecified atom stereocenters. The third-order valence-electron chi connectivity index (χ3n) is 5.61. The Morgan fingerprint density at radius 3 is 2.28 bits per heavy atom. The van der Waals surface area contributed by atoms with Crippen LogP contribution in [0.5, 0.6) is 5.75 Å². The molecule has 240 valence electrons. The topological polar surface area (TPSA) is 160 Å². The second-order valence-corrected chi connectivity index (χ2v) is 10.3. The Morgan fingerprint density at radius 2 is 1.63 bits per heavy atom. The maximum absolute atomic E-state index is 12.4. The first-order chi connectivity index (χ1) is 21.8. The van der Waals surface area contributed by atoms with Gasteiger partial charge < -0.3 is 14.6 Å². The number of methoxy groups -OCH3 is 1. The first-order valence-corrected chi connectivity index (χ1v) is 13.9. The standard InChI is InChI=1S/C16H13Cl2N5O4.C10H4Cl2F3N3O/c1-26-11-5-3-2-4-10(11)20-13(24)6-12-21-14(27-22-12)8-23-16(25)15(18)9(17)7-19-23;11-6-4-17-18(9(19)8(6)12)7-2-1-5(3-16-7)10(13,14)15/h2-5,7H,6,8H2,1H3,(H,20,24);1-4H. The summed E-state index contributed by atoms with van der Waals surface area (Å²) in [5.41, 5.74) is -1.75. The van der Waals surface area contributed by atoms with E-state index in [0.717, 1.165) is 27.7 Å². The van der Waals surface area contributed by atoms with Crippen molar-refractivity contribution >= 4 is 58.0 Å². The number of pyridine rings is 1. The number of para-hydroxylation sites is 2. The third-order valence-corrected chi connectivity index (χ3v) is 7.10. The molecule has 0 aliphatic heterocycles. The zero-order chi connectivity index (χ0) is 33.6. The Hall–Kier alpha value is -4.51. The van der Waals surface area contributed by atoms with Gasteiger partial charge in [-0.1, -0.05) is 63.7 Å². The minimum absolute atomic E-state index is 0.0465. The summed E-state index contributed by atoms with van der Waals surface area (Å²) in [6.07, 6.45) is -1.67. The van der Waals surface area contributed by atoms with Gasteiger partial charge in [-0.15, -0.1) is 0 Å². The third kappa shape index (κ3) is 8.39. The molecule has 0 spiro atoms. The van der Waals surface area contributed by atoms with E-state index in [1.54, 1.807) is 24.3 Å². The van der Waals surface area contributed by atoms with Crippen molar-refractivity contribution in [2.75, 3.05) is 12.4 Å². The molecule has 0 fully saturated rings. The fourth-order valence-corrected chi connectivity index (χ4v) is 3.98. The Morgan fingerprint density at radius 1 is 0.957 bits per heavy atom. The van der Waals surface area contributed by atoms with E-state index in [2.05, 4.69) is 30.6 Å². The molecule has 5 rings (SSSR count). The summed E-state index contributed by atoms with van der Waals surface area (Å²) in [6.45, 7) is -0.100. The minimum atomic E-state index is -4.50. The number of carbonyl (C=O) groups is 1. The molecule has 0 aliphatic rings. The molecule has 1 N–H and O–H groups in total. The summed E-state index contributed by atoms with van der Waals surface area (Å²) in [7, 11) is 1.51. The maximum atomic E-state index is 12.4. The highest BCUT2D eigenvalue weighted by atomic mass is 35.5. The van der Waals surface area contributed by atoms with Gasteiger partial charge in [-0.25, -0.2) is 9.67 Å². The van der Waals surface area contributed by atoms with Crippen molar-refractivity contribution in [1.82, 2.24) is 34.7 Å². The molecule has 0 saturated carbocycles. The van der Waals surface area contributed by atoms with Crippen molar-refractivity contribution in [2.45, 2.75) is 19.1 Å². The number of hydrogen-bond donors (Lipinski definition) is 1. The average molecular weight is 720 g/mol. The van der Waals surface area contributed by atoms with Crippen LogP contribution in [-0.2, 0) is 23.9 Å². The number of amides is 1. The highest BCUT2D eigenvalue weighted by Gasteiger charge is 2.30. The number of carbonyl (C=O) groups excluding carboxylic acids is 1. The van der Waals surface area contributed by atoms with Crippen molar-refractivity contribution < 1.29 is 27.2 Å². The number of ether oxygens (including phenoxy) is 1. The number of benzene rings is 1. The molecular weight excluding hydrogens is 703 g/mol. The lowest BCUT2D eigenvalue weighted by Gasteiger charge is -2.08. The molecule has 1 aromatic carbocycles. The molecule has 13 nitrogen and oxygen atoms in total. The van der Waals surface area contributed by atoms with Gasteiger partial charge in [-0.2, -0.15) is 33.0 Å². The largest absolute Gasteiger partial charge is 0.495 e. The van der Waals surface area contributed by atoms with E-state index in [9.17, 15) is 27.6 Å². The van der Waals surface area contributed by atoms with Crippen molar-refractivity contribution in [3.8, 4) is 11.6 Å². The Kier molecular flexibility index (Phi) is 11.0. The van der Waals surface area contributed by atoms with E-state index in [1.165, 1.54) is 13.3 Å². The van der Waals surface area contributed by atoms with Gasteiger partial charge >= 0.3 is 6.18 Å². The van der Waals surface area contributed by atoms with Gasteiger partial charge in [0, 0.05) is 6.20 Å². The van der Waals surface area contributed by atoms with Gasteiger partial charge in [-0.05, 0) is 24.3 Å². The molecular formula is C26H17Cl4F3N8O5. The van der Waals surface area contributed by atoms with Crippen molar-refractivity contribution in [3.63, 3.8) is 0 Å². The summed E-state index contributed by atoms with van der Waals surface area (Å²) in [4.78, 5) is 43.4. The molecule has 0 aliphatic carbocycles. The number of anilines is 1. The number of aromatic nitrogens is 7. The molecule has 0 radical (unpaired) electrons. The molecule has 4 heterocycles. The second kappa shape index (κ2) is 14.7. The molecule has 0 bridgehead atoms. The smallest absolute Gasteiger partial charge is 0.417 e. The van der Waals surface area contributed by atoms with E-state index in [1.807, 2.05) is 0 Å². The van der Waals surface area contributed by atoms with Gasteiger partial charge in [0.15, 0.2) is 11.6 Å². The van der Waals surface area contributed by atoms with E-state index in [-0.39, 0.29) is 56.5 Å². The zero-order valence-electron chi connectivity index (χ0n) is 22.9. The van der Waals surface area contributed by atoms with Crippen molar-refractivity contribution in [3.05, 3.63) is 113 Å². The van der Waals surface area contributed by atoms with Crippen LogP contribution in [0.3, 0.4) is 0 Å². The van der Waals surface area contributed by atoms with Crippen LogP contribution in [0.15, 0.2) is 69.1 Å². The molecule has 46 heavy (non-hydrogen) atoms. The average Bonchev–Trinajstić information content (AvgIpc) is 3.47. The van der Waals surface area contributed by atoms with Crippen LogP contribution in [-0.4, -0.2) is 47.7 Å². The van der Waals surface area contributed by atoms with E-state index < -0.39 is 22.9 Å². The van der Waals surface area contributed by atoms with Gasteiger partial charge in [-0.3, -0.25) is 14.4 Å². The lowest BCUT2D eigenvalue weighted by molar-refractivity contribution is -0.137. The summed E-state index contributed by atoms with van der Waals surface area (Å²) in [5.74, 6) is 0.353. The summed E-state index contributed by atoms with van der Waals surface area (Å²) in [5, 5.41) is 13.5. The Balaban J connectivity index is 0.000000222. The van der Waals surface area contributed by atoms with Gasteiger partial charge in [0.05, 0.1) is 47.2 Å². The van der Waals surface area contributed by atoms with Gasteiger partial charge in [0.1, 0.15) is 22.3 Å². The van der Waals surface area contributed by atoms with Crippen LogP contribution < -0.4 is 21.2 Å². The Bertz CT molecular complexity index is 1980. The molecule has 5 aromatic rings. The number of rotatable bonds is 7. The first-order valence-electron chi connectivity index (χ1n) is 12.4. The Labute approximate surface area is 275 Å². The lowest BCUT2D eigenvalue weighted by atomic mass is 10.2. The predicted molar refractivity (Wildman–Crippen MR) is 160 cm³/mol. The molecule has 1 amide bonds. The van der Waals surface area contributed by atoms with Crippen LogP contribution in [0.4, 0.5) is 18.9 Å². The second-order valence-electron chi connectivity index (χ2n) is 8.73. The van der Waals surface area contributed by atoms with Crippen LogP contribution in [0.25, 0.3) is 5.82 Å². The number of nitrogens with zero attached hydrogens (tertiary/aromatic N) is 7. The predicted octanol–water partition coefficient (Wildman–Crippen LogP) is 5.12. The fourth-order valence-electron chi connectivity index (χ4n) is 3.45. The monoisotopic (exact) mass is 718 g/mol. The van der Waals surface area contributed by atoms with E-state index in [4.69, 9.17) is 55.7 Å². The van der Waals surface area contributed by atoms with Crippen LogP contribution in [0.1, 0.15) is 17.3 Å². The fraction of sp³-hybridized carbons (Fsp3) is 0.154. The number of nitrogens with one attached hydrogen (secondary N) is 1. The lowest BCUT2D eigenvalue weighted by Crippen LogP contribution is -2.24. The summed E-state index contributed by atoms with van der Waals surface area (Å²) >= 11 is 22.7. The molecule has 0 atom stereocenters. The van der Waals surface area contributed by atoms with Crippen LogP contribution in [0.2, 0.25) is 20.1 Å². The number of halogens is 7. The van der Waals surface area contributed by atoms with Crippen molar-refractivity contribution in [2.24, 2.45) is 0 Å². The SMILES string of the molecule is COc1ccccc1NC(=O)Cc1noc(Cn2ncc(Cl)c(Cl)c2=O)n1.O=c1c(Cl)c(Cl)cnn1-c1ccc(C(F)(F)F)cn1. The molecule has 4 aromatic heterocycles. The summed E-state index contributed by atoms with van der Waals surface area (Å²) < 4.78 is 49.1. The quantitative estimate of drug-likeness (QED) is 0.239. The molecule has 0 saturated heterocycles. The van der Waals surface area contributed by atoms with Crippen molar-refractivity contribution in [1.29, 1.82) is 0 Å². The number of alkyl halides is 3. The zero-order valence-corrected chi connectivity index (χ0v) is 26.0. The normalized spacial score (nSPS) is 11.0. The van der Waals surface area contributed by atoms with Gasteiger partial charge in [0.25, 0.3) is 11.1 Å². The first kappa shape index (κ1) is 34.4. The number of hydrogen-bond acceptors (Lipinski definition) is 10. The minimum Gasteiger partial charge on any atom is -0.495 e. The molecule has 20 heteroatoms. The highest BCUT2D eigenvalue weighted by Crippen LogP contribution is 2.28. The maximum Gasteiger partial charge on any atom is 0.417 e. The van der Waals surface area contributed by atoms with E-state index in [0.29, 0.717) is 17.6 Å². The van der Waals surface area contributed by atoms with Crippen LogP contribution >= 0.6 is 46.4 Å². The van der Waals surface area contributed by atoms with Crippen LogP contribution in [0, 0.1) is 0 Å². The highest BCUT2D eigenvalue weighted by molar-refractivity contribution is 6.42.